The van der Waals surface area contributed by atoms with E-state index in [-0.39, 0.29) is 30.7 Å². The van der Waals surface area contributed by atoms with Crippen molar-refractivity contribution >= 4 is 11.8 Å². The first-order valence-electron chi connectivity index (χ1n) is 10.0. The molecule has 0 aromatic heterocycles. The number of carbonyl (C=O) groups excluding carboxylic acids is 2. The summed E-state index contributed by atoms with van der Waals surface area (Å²) in [7, 11) is 0. The smallest absolute Gasteiger partial charge is 0.260 e. The minimum Gasteiger partial charge on any atom is -0.508 e. The average molecular weight is 415 g/mol. The molecule has 0 radical (unpaired) electrons. The number of rotatable bonds is 10. The minimum absolute atomic E-state index is 0.126. The Labute approximate surface area is 177 Å². The van der Waals surface area contributed by atoms with Gasteiger partial charge in [-0.1, -0.05) is 26.0 Å². The highest BCUT2D eigenvalue weighted by Gasteiger charge is 2.16. The standard InChI is InChI=1S/C23H30N2O5/c1-15(2)18-5-9-20(10-6-18)29-16(3)22(27)24-13-14-25-23(28)17(4)30-21-11-7-19(26)8-12-21/h5-12,15-17,26H,13-14H2,1-4H3,(H,24,27)(H,25,28). The van der Waals surface area contributed by atoms with Crippen molar-refractivity contribution in [1.82, 2.24) is 10.6 Å². The Morgan fingerprint density at radius 3 is 1.57 bits per heavy atom. The molecule has 7 nitrogen and oxygen atoms in total. The van der Waals surface area contributed by atoms with Crippen LogP contribution in [0.2, 0.25) is 0 Å². The third kappa shape index (κ3) is 7.31. The number of phenols is 1. The second-order valence-electron chi connectivity index (χ2n) is 7.32. The molecule has 2 amide bonds. The Hall–Kier alpha value is -3.22. The van der Waals surface area contributed by atoms with Crippen molar-refractivity contribution in [1.29, 1.82) is 0 Å². The van der Waals surface area contributed by atoms with Crippen LogP contribution in [0.5, 0.6) is 17.2 Å². The molecule has 0 aliphatic carbocycles. The largest absolute Gasteiger partial charge is 0.508 e. The van der Waals surface area contributed by atoms with Crippen LogP contribution in [0.15, 0.2) is 48.5 Å². The number of nitrogens with one attached hydrogen (secondary N) is 2. The number of hydrogen-bond acceptors (Lipinski definition) is 5. The predicted octanol–water partition coefficient (Wildman–Crippen LogP) is 2.98. The Morgan fingerprint density at radius 2 is 1.17 bits per heavy atom. The van der Waals surface area contributed by atoms with Crippen molar-refractivity contribution in [2.24, 2.45) is 0 Å². The normalized spacial score (nSPS) is 12.7. The van der Waals surface area contributed by atoms with Crippen LogP contribution in [0.3, 0.4) is 0 Å². The third-order valence-electron chi connectivity index (χ3n) is 4.47. The zero-order chi connectivity index (χ0) is 22.1. The van der Waals surface area contributed by atoms with Crippen molar-refractivity contribution < 1.29 is 24.2 Å². The average Bonchev–Trinajstić information content (AvgIpc) is 2.72. The number of carbonyl (C=O) groups is 2. The Balaban J connectivity index is 1.67. The second kappa shape index (κ2) is 11.1. The molecule has 2 aromatic rings. The molecule has 7 heteroatoms. The summed E-state index contributed by atoms with van der Waals surface area (Å²) in [5, 5.41) is 14.7. The van der Waals surface area contributed by atoms with Crippen LogP contribution in [0.4, 0.5) is 0 Å². The molecule has 0 bridgehead atoms. The first-order chi connectivity index (χ1) is 14.3. The van der Waals surface area contributed by atoms with Gasteiger partial charge < -0.3 is 25.2 Å². The van der Waals surface area contributed by atoms with Gasteiger partial charge in [0.2, 0.25) is 0 Å². The van der Waals surface area contributed by atoms with Crippen LogP contribution in [-0.2, 0) is 9.59 Å². The monoisotopic (exact) mass is 414 g/mol. The zero-order valence-electron chi connectivity index (χ0n) is 17.8. The van der Waals surface area contributed by atoms with Crippen LogP contribution < -0.4 is 20.1 Å². The van der Waals surface area contributed by atoms with Gasteiger partial charge in [0, 0.05) is 13.1 Å². The summed E-state index contributed by atoms with van der Waals surface area (Å²) in [4.78, 5) is 24.3. The summed E-state index contributed by atoms with van der Waals surface area (Å²) >= 11 is 0. The lowest BCUT2D eigenvalue weighted by molar-refractivity contribution is -0.129. The molecule has 0 spiro atoms. The quantitative estimate of drug-likeness (QED) is 0.520. The van der Waals surface area contributed by atoms with Crippen molar-refractivity contribution in [2.75, 3.05) is 13.1 Å². The molecule has 162 valence electrons. The van der Waals surface area contributed by atoms with Crippen molar-refractivity contribution in [3.63, 3.8) is 0 Å². The van der Waals surface area contributed by atoms with E-state index in [0.29, 0.717) is 17.4 Å². The number of phenolic OH excluding ortho intramolecular Hbond substituents is 1. The van der Waals surface area contributed by atoms with Crippen LogP contribution in [-0.4, -0.2) is 42.2 Å². The van der Waals surface area contributed by atoms with Gasteiger partial charge in [-0.25, -0.2) is 0 Å². The van der Waals surface area contributed by atoms with E-state index in [9.17, 15) is 14.7 Å². The number of hydrogen-bond donors (Lipinski definition) is 3. The van der Waals surface area contributed by atoms with Gasteiger partial charge in [0.25, 0.3) is 11.8 Å². The van der Waals surface area contributed by atoms with Crippen LogP contribution in [0, 0.1) is 0 Å². The molecule has 30 heavy (non-hydrogen) atoms. The van der Waals surface area contributed by atoms with E-state index in [1.807, 2.05) is 24.3 Å². The number of benzene rings is 2. The minimum atomic E-state index is -0.707. The summed E-state index contributed by atoms with van der Waals surface area (Å²) in [5.41, 5.74) is 1.21. The summed E-state index contributed by atoms with van der Waals surface area (Å²) in [5.74, 6) is 1.12. The Kier molecular flexibility index (Phi) is 8.53. The van der Waals surface area contributed by atoms with Gasteiger partial charge in [-0.2, -0.15) is 0 Å². The maximum Gasteiger partial charge on any atom is 0.260 e. The highest BCUT2D eigenvalue weighted by molar-refractivity contribution is 5.81. The van der Waals surface area contributed by atoms with Gasteiger partial charge in [0.15, 0.2) is 12.2 Å². The Bertz CT molecular complexity index is 818. The van der Waals surface area contributed by atoms with Crippen LogP contribution in [0.1, 0.15) is 39.2 Å². The van der Waals surface area contributed by atoms with Crippen LogP contribution in [0.25, 0.3) is 0 Å². The van der Waals surface area contributed by atoms with E-state index >= 15 is 0 Å². The highest BCUT2D eigenvalue weighted by atomic mass is 16.5. The molecule has 3 N–H and O–H groups in total. The van der Waals surface area contributed by atoms with E-state index in [2.05, 4.69) is 24.5 Å². The summed E-state index contributed by atoms with van der Waals surface area (Å²) < 4.78 is 11.2. The maximum atomic E-state index is 12.2. The SMILES string of the molecule is CC(Oc1ccc(O)cc1)C(=O)NCCNC(=O)C(C)Oc1ccc(C(C)C)cc1. The molecule has 2 unspecified atom stereocenters. The van der Waals surface area contributed by atoms with Gasteiger partial charge in [0.1, 0.15) is 17.2 Å². The van der Waals surface area contributed by atoms with Gasteiger partial charge >= 0.3 is 0 Å². The number of amides is 2. The first kappa shape index (κ1) is 23.1. The van der Waals surface area contributed by atoms with Gasteiger partial charge in [-0.15, -0.1) is 0 Å². The lowest BCUT2D eigenvalue weighted by Crippen LogP contribution is -2.43. The van der Waals surface area contributed by atoms with E-state index in [4.69, 9.17) is 9.47 Å². The fraction of sp³-hybridized carbons (Fsp3) is 0.391. The molecule has 0 heterocycles. The molecule has 0 saturated carbocycles. The molecule has 2 aromatic carbocycles. The van der Waals surface area contributed by atoms with Gasteiger partial charge in [-0.3, -0.25) is 9.59 Å². The summed E-state index contributed by atoms with van der Waals surface area (Å²) in [6.45, 7) is 8.08. The molecular formula is C23H30N2O5. The molecule has 2 atom stereocenters. The third-order valence-corrected chi connectivity index (χ3v) is 4.47. The fourth-order valence-corrected chi connectivity index (χ4v) is 2.63. The highest BCUT2D eigenvalue weighted by Crippen LogP contribution is 2.19. The van der Waals surface area contributed by atoms with Crippen molar-refractivity contribution in [2.45, 2.75) is 45.8 Å². The maximum absolute atomic E-state index is 12.2. The fourth-order valence-electron chi connectivity index (χ4n) is 2.63. The van der Waals surface area contributed by atoms with E-state index in [0.717, 1.165) is 0 Å². The van der Waals surface area contributed by atoms with Gasteiger partial charge in [-0.05, 0) is 61.7 Å². The molecule has 0 fully saturated rings. The van der Waals surface area contributed by atoms with Gasteiger partial charge in [0.05, 0.1) is 0 Å². The number of ether oxygens (including phenoxy) is 2. The van der Waals surface area contributed by atoms with E-state index in [1.54, 1.807) is 26.0 Å². The molecule has 0 saturated heterocycles. The summed E-state index contributed by atoms with van der Waals surface area (Å²) in [6.07, 6.45) is -1.36. The molecular weight excluding hydrogens is 384 g/mol. The van der Waals surface area contributed by atoms with E-state index < -0.39 is 12.2 Å². The lowest BCUT2D eigenvalue weighted by atomic mass is 10.0. The second-order valence-corrected chi connectivity index (χ2v) is 7.32. The van der Waals surface area contributed by atoms with E-state index in [1.165, 1.54) is 17.7 Å². The zero-order valence-corrected chi connectivity index (χ0v) is 17.8. The van der Waals surface area contributed by atoms with Crippen molar-refractivity contribution in [3.05, 3.63) is 54.1 Å². The predicted molar refractivity (Wildman–Crippen MR) is 115 cm³/mol. The lowest BCUT2D eigenvalue weighted by Gasteiger charge is -2.17. The molecule has 2 rings (SSSR count). The molecule has 0 aliphatic heterocycles. The number of aromatic hydroxyl groups is 1. The first-order valence-corrected chi connectivity index (χ1v) is 10.0. The van der Waals surface area contributed by atoms with Crippen molar-refractivity contribution in [3.8, 4) is 17.2 Å². The summed E-state index contributed by atoms with van der Waals surface area (Å²) in [6, 6.07) is 13.8. The topological polar surface area (TPSA) is 96.9 Å². The Morgan fingerprint density at radius 1 is 0.767 bits per heavy atom. The van der Waals surface area contributed by atoms with Crippen LogP contribution >= 0.6 is 0 Å². The molecule has 0 aliphatic rings.